The van der Waals surface area contributed by atoms with Gasteiger partial charge in [0.05, 0.1) is 19.5 Å². The van der Waals surface area contributed by atoms with Gasteiger partial charge in [-0.2, -0.15) is 0 Å². The Morgan fingerprint density at radius 1 is 1.44 bits per heavy atom. The van der Waals surface area contributed by atoms with Crippen molar-refractivity contribution in [2.75, 3.05) is 32.8 Å². The Kier molecular flexibility index (Phi) is 5.47. The van der Waals surface area contributed by atoms with Gasteiger partial charge in [-0.15, -0.1) is 0 Å². The number of ether oxygens (including phenoxy) is 1. The largest absolute Gasteiger partial charge is 0.377 e. The number of amides is 2. The maximum absolute atomic E-state index is 12.6. The number of carbonyl (C=O) groups excluding carboxylic acids is 1. The number of likely N-dealkylation sites (tertiary alicyclic amines) is 1. The number of imidazole rings is 1. The molecule has 0 saturated carbocycles. The Morgan fingerprint density at radius 2 is 2.28 bits per heavy atom. The van der Waals surface area contributed by atoms with Crippen LogP contribution in [0.15, 0.2) is 24.2 Å². The molecule has 1 N–H and O–H groups in total. The molecule has 0 aliphatic carbocycles. The van der Waals surface area contributed by atoms with Crippen molar-refractivity contribution >= 4 is 6.03 Å². The third-order valence-corrected chi connectivity index (χ3v) is 4.97. The average Bonchev–Trinajstić information content (AvgIpc) is 3.11. The second-order valence-electron chi connectivity index (χ2n) is 8.01. The van der Waals surface area contributed by atoms with Crippen molar-refractivity contribution in [3.8, 4) is 0 Å². The van der Waals surface area contributed by atoms with E-state index in [0.717, 1.165) is 39.0 Å². The number of piperidine rings is 1. The summed E-state index contributed by atoms with van der Waals surface area (Å²) in [6.45, 7) is 10.1. The van der Waals surface area contributed by atoms with E-state index in [-0.39, 0.29) is 11.6 Å². The van der Waals surface area contributed by atoms with E-state index in [0.29, 0.717) is 19.1 Å². The normalized spacial score (nSPS) is 21.8. The summed E-state index contributed by atoms with van der Waals surface area (Å²) in [6.07, 6.45) is 9.10. The standard InChI is InChI=1S/C19H30N4O2/c1-19(2,3)23-14-20-11-17(23)16-7-4-8-22(12-16)18(24)21-10-15-6-5-9-25-13-15/h6,11,14,16H,4-5,7-10,12-13H2,1-3H3,(H,21,24). The highest BCUT2D eigenvalue weighted by Crippen LogP contribution is 2.30. The second-order valence-corrected chi connectivity index (χ2v) is 8.01. The fraction of sp³-hybridized carbons (Fsp3) is 0.684. The van der Waals surface area contributed by atoms with Gasteiger partial charge in [-0.25, -0.2) is 9.78 Å². The van der Waals surface area contributed by atoms with Crippen molar-refractivity contribution in [2.24, 2.45) is 0 Å². The summed E-state index contributed by atoms with van der Waals surface area (Å²) in [4.78, 5) is 18.9. The summed E-state index contributed by atoms with van der Waals surface area (Å²) in [5, 5.41) is 3.05. The summed E-state index contributed by atoms with van der Waals surface area (Å²) in [5.74, 6) is 0.346. The monoisotopic (exact) mass is 346 g/mol. The van der Waals surface area contributed by atoms with E-state index in [4.69, 9.17) is 4.74 Å². The zero-order valence-electron chi connectivity index (χ0n) is 15.6. The van der Waals surface area contributed by atoms with Crippen molar-refractivity contribution < 1.29 is 9.53 Å². The molecular weight excluding hydrogens is 316 g/mol. The smallest absolute Gasteiger partial charge is 0.317 e. The van der Waals surface area contributed by atoms with Gasteiger partial charge in [0.1, 0.15) is 0 Å². The van der Waals surface area contributed by atoms with Crippen LogP contribution in [0, 0.1) is 0 Å². The summed E-state index contributed by atoms with van der Waals surface area (Å²) in [5.41, 5.74) is 2.40. The number of aromatic nitrogens is 2. The first kappa shape index (κ1) is 18.0. The second kappa shape index (κ2) is 7.60. The molecule has 138 valence electrons. The van der Waals surface area contributed by atoms with Gasteiger partial charge in [-0.1, -0.05) is 6.08 Å². The quantitative estimate of drug-likeness (QED) is 0.856. The van der Waals surface area contributed by atoms with Crippen molar-refractivity contribution in [3.63, 3.8) is 0 Å². The molecule has 0 spiro atoms. The molecule has 6 heteroatoms. The van der Waals surface area contributed by atoms with Gasteiger partial charge >= 0.3 is 6.03 Å². The minimum Gasteiger partial charge on any atom is -0.377 e. The lowest BCUT2D eigenvalue weighted by Crippen LogP contribution is -2.46. The number of urea groups is 1. The molecule has 0 aromatic carbocycles. The van der Waals surface area contributed by atoms with Gasteiger partial charge < -0.3 is 19.5 Å². The Balaban J connectivity index is 1.60. The molecule has 2 amide bonds. The zero-order chi connectivity index (χ0) is 17.9. The average molecular weight is 346 g/mol. The number of nitrogens with zero attached hydrogens (tertiary/aromatic N) is 3. The molecule has 1 aromatic rings. The molecular formula is C19H30N4O2. The van der Waals surface area contributed by atoms with Gasteiger partial charge in [0, 0.05) is 43.0 Å². The molecule has 1 saturated heterocycles. The van der Waals surface area contributed by atoms with Crippen molar-refractivity contribution in [2.45, 2.75) is 51.5 Å². The fourth-order valence-electron chi connectivity index (χ4n) is 3.60. The number of carbonyl (C=O) groups is 1. The predicted octanol–water partition coefficient (Wildman–Crippen LogP) is 2.87. The number of rotatable bonds is 3. The molecule has 3 rings (SSSR count). The van der Waals surface area contributed by atoms with Crippen molar-refractivity contribution in [3.05, 3.63) is 29.9 Å². The summed E-state index contributed by atoms with van der Waals surface area (Å²) < 4.78 is 7.67. The van der Waals surface area contributed by atoms with Gasteiger partial charge in [-0.05, 0) is 45.6 Å². The molecule has 0 bridgehead atoms. The van der Waals surface area contributed by atoms with Crippen molar-refractivity contribution in [1.29, 1.82) is 0 Å². The van der Waals surface area contributed by atoms with Crippen LogP contribution in [0.1, 0.15) is 51.6 Å². The van der Waals surface area contributed by atoms with E-state index >= 15 is 0 Å². The predicted molar refractivity (Wildman–Crippen MR) is 97.7 cm³/mol. The van der Waals surface area contributed by atoms with Crippen LogP contribution in [-0.2, 0) is 10.3 Å². The van der Waals surface area contributed by atoms with E-state index in [2.05, 4.69) is 41.7 Å². The van der Waals surface area contributed by atoms with Crippen LogP contribution in [0.3, 0.4) is 0 Å². The molecule has 6 nitrogen and oxygen atoms in total. The summed E-state index contributed by atoms with van der Waals surface area (Å²) in [7, 11) is 0. The molecule has 25 heavy (non-hydrogen) atoms. The topological polar surface area (TPSA) is 59.4 Å². The molecule has 1 fully saturated rings. The van der Waals surface area contributed by atoms with E-state index in [1.807, 2.05) is 17.4 Å². The number of hydrogen-bond donors (Lipinski definition) is 1. The van der Waals surface area contributed by atoms with Gasteiger partial charge in [0.15, 0.2) is 0 Å². The van der Waals surface area contributed by atoms with Crippen LogP contribution in [0.4, 0.5) is 4.79 Å². The Labute approximate surface area is 150 Å². The van der Waals surface area contributed by atoms with E-state index < -0.39 is 0 Å². The van der Waals surface area contributed by atoms with Gasteiger partial charge in [0.25, 0.3) is 0 Å². The maximum Gasteiger partial charge on any atom is 0.317 e. The highest BCUT2D eigenvalue weighted by Gasteiger charge is 2.29. The maximum atomic E-state index is 12.6. The lowest BCUT2D eigenvalue weighted by Gasteiger charge is -2.35. The van der Waals surface area contributed by atoms with Crippen LogP contribution in [0.25, 0.3) is 0 Å². The highest BCUT2D eigenvalue weighted by molar-refractivity contribution is 5.74. The molecule has 1 unspecified atom stereocenters. The first-order valence-electron chi connectivity index (χ1n) is 9.26. The van der Waals surface area contributed by atoms with Crippen LogP contribution in [0.5, 0.6) is 0 Å². The molecule has 1 aromatic heterocycles. The van der Waals surface area contributed by atoms with E-state index in [1.165, 1.54) is 11.3 Å². The lowest BCUT2D eigenvalue weighted by molar-refractivity contribution is 0.147. The molecule has 3 heterocycles. The number of nitrogens with one attached hydrogen (secondary N) is 1. The lowest BCUT2D eigenvalue weighted by atomic mass is 9.94. The third-order valence-electron chi connectivity index (χ3n) is 4.97. The molecule has 2 aliphatic rings. The van der Waals surface area contributed by atoms with Crippen molar-refractivity contribution in [1.82, 2.24) is 19.8 Å². The summed E-state index contributed by atoms with van der Waals surface area (Å²) in [6, 6.07) is 0.0259. The van der Waals surface area contributed by atoms with E-state index in [9.17, 15) is 4.79 Å². The van der Waals surface area contributed by atoms with Gasteiger partial charge in [0.2, 0.25) is 0 Å². The fourth-order valence-corrected chi connectivity index (χ4v) is 3.60. The molecule has 1 atom stereocenters. The Hall–Kier alpha value is -1.82. The van der Waals surface area contributed by atoms with Crippen LogP contribution in [0.2, 0.25) is 0 Å². The van der Waals surface area contributed by atoms with Crippen LogP contribution >= 0.6 is 0 Å². The minimum atomic E-state index is 0.00380. The van der Waals surface area contributed by atoms with Crippen LogP contribution in [-0.4, -0.2) is 53.3 Å². The molecule has 2 aliphatic heterocycles. The Bertz CT molecular complexity index is 630. The third kappa shape index (κ3) is 4.42. The number of hydrogen-bond acceptors (Lipinski definition) is 3. The molecule has 0 radical (unpaired) electrons. The van der Waals surface area contributed by atoms with Crippen LogP contribution < -0.4 is 5.32 Å². The summed E-state index contributed by atoms with van der Waals surface area (Å²) >= 11 is 0. The SMILES string of the molecule is CC(C)(C)n1cncc1C1CCCN(C(=O)NCC2=CCCOC2)C1. The highest BCUT2D eigenvalue weighted by atomic mass is 16.5. The zero-order valence-corrected chi connectivity index (χ0v) is 15.6. The van der Waals surface area contributed by atoms with Gasteiger partial charge in [-0.3, -0.25) is 0 Å². The first-order chi connectivity index (χ1) is 11.9. The minimum absolute atomic E-state index is 0.00380. The van der Waals surface area contributed by atoms with E-state index in [1.54, 1.807) is 0 Å². The Morgan fingerprint density at radius 3 is 3.00 bits per heavy atom. The first-order valence-corrected chi connectivity index (χ1v) is 9.26.